The molecule has 0 amide bonds. The molecule has 4 heteroatoms. The van der Waals surface area contributed by atoms with Crippen molar-refractivity contribution in [1.29, 1.82) is 0 Å². The number of allylic oxidation sites excluding steroid dienone is 3. The first-order valence-corrected chi connectivity index (χ1v) is 14.0. The van der Waals surface area contributed by atoms with Crippen LogP contribution in [0.1, 0.15) is 109 Å². The molecular weight excluding hydrogens is 436 g/mol. The second-order valence-electron chi connectivity index (χ2n) is 9.99. The molecule has 2 rings (SSSR count). The molecule has 0 aliphatic carbocycles. The van der Waals surface area contributed by atoms with Crippen LogP contribution in [0.4, 0.5) is 0 Å². The average molecular weight is 485 g/mol. The third-order valence-electron chi connectivity index (χ3n) is 6.71. The molecule has 1 heterocycles. The van der Waals surface area contributed by atoms with Gasteiger partial charge >= 0.3 is 5.97 Å². The lowest BCUT2D eigenvalue weighted by molar-refractivity contribution is -0.157. The van der Waals surface area contributed by atoms with Gasteiger partial charge in [0.25, 0.3) is 0 Å². The maximum Gasteiger partial charge on any atom is 0.334 e. The molecular formula is C31H48O4. The highest BCUT2D eigenvalue weighted by Crippen LogP contribution is 2.31. The number of hydrogen-bond acceptors (Lipinski definition) is 4. The average Bonchev–Trinajstić information content (AvgIpc) is 3.20. The minimum absolute atomic E-state index is 0.203. The van der Waals surface area contributed by atoms with E-state index in [0.717, 1.165) is 18.4 Å². The van der Waals surface area contributed by atoms with Gasteiger partial charge in [0.15, 0.2) is 5.60 Å². The highest BCUT2D eigenvalue weighted by Gasteiger charge is 2.43. The summed E-state index contributed by atoms with van der Waals surface area (Å²) in [6.07, 6.45) is 24.7. The fourth-order valence-electron chi connectivity index (χ4n) is 4.51. The van der Waals surface area contributed by atoms with Crippen LogP contribution >= 0.6 is 0 Å². The van der Waals surface area contributed by atoms with Gasteiger partial charge in [-0.25, -0.2) is 4.79 Å². The lowest BCUT2D eigenvalue weighted by atomic mass is 9.98. The summed E-state index contributed by atoms with van der Waals surface area (Å²) in [5.74, 6) is -0.310. The number of rotatable bonds is 20. The second-order valence-corrected chi connectivity index (χ2v) is 9.99. The van der Waals surface area contributed by atoms with E-state index < -0.39 is 5.60 Å². The van der Waals surface area contributed by atoms with E-state index in [4.69, 9.17) is 9.47 Å². The predicted octanol–water partition coefficient (Wildman–Crippen LogP) is 7.85. The Morgan fingerprint density at radius 1 is 0.886 bits per heavy atom. The molecule has 1 atom stereocenters. The number of carbonyl (C=O) groups excluding carboxylic acids is 1. The van der Waals surface area contributed by atoms with Crippen molar-refractivity contribution in [3.63, 3.8) is 0 Å². The van der Waals surface area contributed by atoms with E-state index >= 15 is 0 Å². The first-order chi connectivity index (χ1) is 17.2. The number of cyclic esters (lactones) is 1. The third kappa shape index (κ3) is 12.6. The van der Waals surface area contributed by atoms with E-state index in [-0.39, 0.29) is 19.2 Å². The van der Waals surface area contributed by atoms with E-state index in [2.05, 4.69) is 19.1 Å². The van der Waals surface area contributed by atoms with Crippen molar-refractivity contribution in [2.24, 2.45) is 0 Å². The van der Waals surface area contributed by atoms with Crippen LogP contribution in [0.5, 0.6) is 0 Å². The number of unbranched alkanes of at least 4 members (excludes halogenated alkanes) is 12. The van der Waals surface area contributed by atoms with Crippen LogP contribution in [0.25, 0.3) is 0 Å². The van der Waals surface area contributed by atoms with E-state index in [9.17, 15) is 9.90 Å². The first-order valence-electron chi connectivity index (χ1n) is 14.0. The third-order valence-corrected chi connectivity index (χ3v) is 6.71. The molecule has 1 aromatic rings. The fourth-order valence-corrected chi connectivity index (χ4v) is 4.51. The standard InChI is InChI=1S/C31H48O4/c1-2-3-4-5-6-7-8-9-10-11-12-13-14-15-16-20-23-29-24-31(26-32,35-30(29)33)27-34-25-28-21-18-17-19-22-28/h9-10,17-19,21-23,32H,2-8,11-16,20,24-27H2,1H3/b10-9-,29-23+/t31-/m0/s1. The Kier molecular flexibility index (Phi) is 15.4. The highest BCUT2D eigenvalue weighted by molar-refractivity contribution is 5.91. The molecule has 0 saturated carbocycles. The summed E-state index contributed by atoms with van der Waals surface area (Å²) >= 11 is 0. The van der Waals surface area contributed by atoms with Gasteiger partial charge in [0.05, 0.1) is 19.8 Å². The number of esters is 1. The molecule has 1 aliphatic heterocycles. The zero-order chi connectivity index (χ0) is 25.0. The Bertz CT molecular complexity index is 740. The summed E-state index contributed by atoms with van der Waals surface area (Å²) < 4.78 is 11.3. The Labute approximate surface area is 213 Å². The van der Waals surface area contributed by atoms with E-state index in [0.29, 0.717) is 18.6 Å². The molecule has 1 saturated heterocycles. The van der Waals surface area contributed by atoms with Crippen LogP contribution in [0.2, 0.25) is 0 Å². The van der Waals surface area contributed by atoms with E-state index in [1.807, 2.05) is 36.4 Å². The molecule has 1 aromatic carbocycles. The summed E-state index contributed by atoms with van der Waals surface area (Å²) in [5.41, 5.74) is 0.794. The van der Waals surface area contributed by atoms with Crippen molar-refractivity contribution in [3.8, 4) is 0 Å². The van der Waals surface area contributed by atoms with Crippen LogP contribution < -0.4 is 0 Å². The molecule has 0 unspecified atom stereocenters. The van der Waals surface area contributed by atoms with Crippen molar-refractivity contribution in [1.82, 2.24) is 0 Å². The number of carbonyl (C=O) groups is 1. The van der Waals surface area contributed by atoms with Crippen LogP contribution in [0.15, 0.2) is 54.1 Å². The number of aliphatic hydroxyl groups is 1. The number of benzene rings is 1. The molecule has 1 N–H and O–H groups in total. The van der Waals surface area contributed by atoms with Gasteiger partial charge in [-0.1, -0.05) is 107 Å². The summed E-state index contributed by atoms with van der Waals surface area (Å²) in [5, 5.41) is 9.87. The largest absolute Gasteiger partial charge is 0.450 e. The summed E-state index contributed by atoms with van der Waals surface area (Å²) in [6.45, 7) is 2.68. The van der Waals surface area contributed by atoms with Gasteiger partial charge in [0.2, 0.25) is 0 Å². The molecule has 1 fully saturated rings. The van der Waals surface area contributed by atoms with Crippen LogP contribution in [0.3, 0.4) is 0 Å². The fraction of sp³-hybridized carbons (Fsp3) is 0.645. The molecule has 1 aliphatic rings. The first kappa shape index (κ1) is 29.3. The van der Waals surface area contributed by atoms with E-state index in [1.165, 1.54) is 77.0 Å². The Morgan fingerprint density at radius 3 is 2.11 bits per heavy atom. The Hall–Kier alpha value is -1.91. The maximum atomic E-state index is 12.3. The van der Waals surface area contributed by atoms with Gasteiger partial charge in [-0.2, -0.15) is 0 Å². The molecule has 0 spiro atoms. The zero-order valence-corrected chi connectivity index (χ0v) is 22.0. The van der Waals surface area contributed by atoms with Gasteiger partial charge in [-0.3, -0.25) is 0 Å². The van der Waals surface area contributed by atoms with Crippen LogP contribution in [-0.2, 0) is 20.9 Å². The normalized spacial score (nSPS) is 19.1. The highest BCUT2D eigenvalue weighted by atomic mass is 16.6. The smallest absolute Gasteiger partial charge is 0.334 e. The quantitative estimate of drug-likeness (QED) is 0.0886. The Morgan fingerprint density at radius 2 is 1.49 bits per heavy atom. The maximum absolute atomic E-state index is 12.3. The minimum atomic E-state index is -0.944. The number of hydrogen-bond donors (Lipinski definition) is 1. The van der Waals surface area contributed by atoms with Crippen molar-refractivity contribution in [2.75, 3.05) is 13.2 Å². The summed E-state index contributed by atoms with van der Waals surface area (Å²) in [7, 11) is 0. The molecule has 35 heavy (non-hydrogen) atoms. The summed E-state index contributed by atoms with van der Waals surface area (Å²) in [6, 6.07) is 9.87. The van der Waals surface area contributed by atoms with Crippen molar-refractivity contribution < 1.29 is 19.4 Å². The predicted molar refractivity (Wildman–Crippen MR) is 144 cm³/mol. The number of aliphatic hydroxyl groups excluding tert-OH is 1. The second kappa shape index (κ2) is 18.4. The van der Waals surface area contributed by atoms with Crippen molar-refractivity contribution in [2.45, 2.75) is 115 Å². The van der Waals surface area contributed by atoms with E-state index in [1.54, 1.807) is 0 Å². The molecule has 4 nitrogen and oxygen atoms in total. The van der Waals surface area contributed by atoms with Crippen molar-refractivity contribution >= 4 is 5.97 Å². The zero-order valence-electron chi connectivity index (χ0n) is 22.0. The molecule has 0 aromatic heterocycles. The van der Waals surface area contributed by atoms with Gasteiger partial charge in [0.1, 0.15) is 0 Å². The number of ether oxygens (including phenoxy) is 2. The Balaban J connectivity index is 1.50. The monoisotopic (exact) mass is 484 g/mol. The lowest BCUT2D eigenvalue weighted by Crippen LogP contribution is -2.38. The molecule has 0 bridgehead atoms. The van der Waals surface area contributed by atoms with Crippen molar-refractivity contribution in [3.05, 3.63) is 59.7 Å². The topological polar surface area (TPSA) is 55.8 Å². The SMILES string of the molecule is CCCCCCCC/C=C\CCCCCCC/C=C1\C[C@](CO)(COCc2ccccc2)OC1=O. The minimum Gasteiger partial charge on any atom is -0.450 e. The lowest BCUT2D eigenvalue weighted by Gasteiger charge is -2.24. The van der Waals surface area contributed by atoms with Crippen LogP contribution in [0, 0.1) is 0 Å². The van der Waals surface area contributed by atoms with Gasteiger partial charge in [-0.15, -0.1) is 0 Å². The van der Waals surface area contributed by atoms with Gasteiger partial charge in [-0.05, 0) is 44.1 Å². The summed E-state index contributed by atoms with van der Waals surface area (Å²) in [4.78, 5) is 12.3. The molecule has 196 valence electrons. The van der Waals surface area contributed by atoms with Gasteiger partial charge < -0.3 is 14.6 Å². The molecule has 0 radical (unpaired) electrons. The van der Waals surface area contributed by atoms with Gasteiger partial charge in [0, 0.05) is 12.0 Å². The van der Waals surface area contributed by atoms with Crippen LogP contribution in [-0.4, -0.2) is 29.9 Å².